The molecule has 5 aromatic carbocycles. The summed E-state index contributed by atoms with van der Waals surface area (Å²) in [5.41, 5.74) is 9.53. The Labute approximate surface area is 731 Å². The number of nitrogens with zero attached hydrogens (tertiary/aromatic N) is 16. The largest absolute Gasteiger partial charge is 0.488 e. The minimum atomic E-state index is -1.22. The van der Waals surface area contributed by atoms with E-state index in [4.69, 9.17) is 69.8 Å². The van der Waals surface area contributed by atoms with E-state index in [1.165, 1.54) is 6.33 Å². The number of piperazine rings is 3. The molecule has 3 saturated carbocycles. The normalized spacial score (nSPS) is 16.5. The van der Waals surface area contributed by atoms with Crippen LogP contribution in [0, 0.1) is 0 Å². The average Bonchev–Trinajstić information content (AvgIpc) is 1.62. The van der Waals surface area contributed by atoms with Crippen LogP contribution in [0.25, 0.3) is 66.9 Å². The fourth-order valence-electron chi connectivity index (χ4n) is 14.1. The minimum absolute atomic E-state index is 0. The van der Waals surface area contributed by atoms with E-state index in [0.29, 0.717) is 64.7 Å². The van der Waals surface area contributed by atoms with Gasteiger partial charge in [0.2, 0.25) is 0 Å². The smallest absolute Gasteiger partial charge is 0.410 e. The average molecular weight is 1750 g/mol. The lowest BCUT2D eigenvalue weighted by molar-refractivity contribution is 0.0801. The second kappa shape index (κ2) is 39.9. The van der Waals surface area contributed by atoms with Crippen LogP contribution in [0.2, 0.25) is 82.2 Å². The topological polar surface area (TPSA) is 276 Å². The van der Waals surface area contributed by atoms with Crippen LogP contribution in [0.3, 0.4) is 0 Å². The van der Waals surface area contributed by atoms with Crippen molar-refractivity contribution in [3.05, 3.63) is 169 Å². The maximum Gasteiger partial charge on any atom is 0.410 e. The predicted molar refractivity (Wildman–Crippen MR) is 493 cm³/mol. The number of benzene rings is 5. The zero-order chi connectivity index (χ0) is 86.4. The highest BCUT2D eigenvalue weighted by Crippen LogP contribution is 2.44. The summed E-state index contributed by atoms with van der Waals surface area (Å²) in [4.78, 5) is 59.3. The van der Waals surface area contributed by atoms with Crippen molar-refractivity contribution >= 4 is 92.4 Å². The minimum Gasteiger partial charge on any atom is -0.488 e. The lowest BCUT2D eigenvalue weighted by Gasteiger charge is -2.34. The van der Waals surface area contributed by atoms with Gasteiger partial charge >= 0.3 is 12.2 Å². The summed E-state index contributed by atoms with van der Waals surface area (Å²) in [5.74, 6) is 4.32. The Morgan fingerprint density at radius 1 is 0.407 bits per heavy atom. The third kappa shape index (κ3) is 25.9. The van der Waals surface area contributed by atoms with Crippen molar-refractivity contribution in [2.24, 2.45) is 0 Å². The highest BCUT2D eigenvalue weighted by Gasteiger charge is 2.42. The lowest BCUT2D eigenvalue weighted by atomic mass is 10.1. The molecule has 3 aliphatic carbocycles. The quantitative estimate of drug-likeness (QED) is 0.0240. The van der Waals surface area contributed by atoms with E-state index in [1.807, 2.05) is 123 Å². The fourth-order valence-corrected chi connectivity index (χ4v) is 16.6. The van der Waals surface area contributed by atoms with Gasteiger partial charge in [-0.15, -0.1) is 0 Å². The first-order chi connectivity index (χ1) is 59.0. The number of anilines is 2. The summed E-state index contributed by atoms with van der Waals surface area (Å²) < 4.78 is 53.4. The van der Waals surface area contributed by atoms with E-state index in [2.05, 4.69) is 143 Å². The van der Waals surface area contributed by atoms with Crippen molar-refractivity contribution in [3.63, 3.8) is 0 Å². The molecule has 11 aromatic rings. The zero-order valence-corrected chi connectivity index (χ0v) is 77.3. The molecule has 6 aromatic heterocycles. The second-order valence-corrected chi connectivity index (χ2v) is 54.3. The second-order valence-electron chi connectivity index (χ2n) is 37.1. The third-order valence-corrected chi connectivity index (χ3v) is 27.8. The molecule has 3 saturated heterocycles. The van der Waals surface area contributed by atoms with Crippen molar-refractivity contribution in [1.29, 1.82) is 0 Å². The highest BCUT2D eigenvalue weighted by molar-refractivity contribution is 6.76. The van der Waals surface area contributed by atoms with E-state index >= 15 is 0 Å². The van der Waals surface area contributed by atoms with Crippen molar-refractivity contribution in [2.45, 2.75) is 187 Å². The van der Waals surface area contributed by atoms with Crippen molar-refractivity contribution in [1.82, 2.24) is 79.7 Å². The van der Waals surface area contributed by atoms with E-state index < -0.39 is 24.2 Å². The Morgan fingerprint density at radius 3 is 1.09 bits per heavy atom. The summed E-state index contributed by atoms with van der Waals surface area (Å²) in [7, 11) is -3.52. The maximum atomic E-state index is 12.7. The molecule has 2 N–H and O–H groups in total. The van der Waals surface area contributed by atoms with Crippen LogP contribution in [0.5, 0.6) is 17.2 Å². The van der Waals surface area contributed by atoms with Crippen molar-refractivity contribution < 1.29 is 48.9 Å². The van der Waals surface area contributed by atoms with Crippen LogP contribution in [0.4, 0.5) is 21.2 Å². The Hall–Kier alpha value is -9.97. The summed E-state index contributed by atoms with van der Waals surface area (Å²) in [6.45, 7) is 40.9. The molecule has 0 radical (unpaired) electrons. The monoisotopic (exact) mass is 1750 g/mol. The number of hydrogen-bond donors (Lipinski definition) is 2. The molecule has 17 rings (SSSR count). The fraction of sp³-hybridized carbons (Fsp3) is 0.484. The molecular weight excluding hydrogens is 1620 g/mol. The molecule has 9 heterocycles. The Morgan fingerprint density at radius 2 is 0.740 bits per heavy atom. The number of hydrogen-bond acceptors (Lipinski definition) is 23. The summed E-state index contributed by atoms with van der Waals surface area (Å²) in [5, 5.41) is 24.5. The number of aromatic nitrogens is 12. The zero-order valence-electron chi connectivity index (χ0n) is 73.6. The van der Waals surface area contributed by atoms with Gasteiger partial charge in [0.1, 0.15) is 103 Å². The maximum absolute atomic E-state index is 12.7. The molecule has 0 atom stereocenters. The molecule has 32 heteroatoms. The molecule has 3 aliphatic heterocycles. The number of carbonyl (C=O) groups excluding carboxylic acids is 2. The molecule has 6 fully saturated rings. The first-order valence-electron chi connectivity index (χ1n) is 43.3. The van der Waals surface area contributed by atoms with E-state index in [1.54, 1.807) is 28.5 Å². The first-order valence-corrected chi connectivity index (χ1v) is 54.8. The molecule has 656 valence electrons. The predicted octanol–water partition coefficient (Wildman–Crippen LogP) is 17.2. The van der Waals surface area contributed by atoms with Gasteiger partial charge in [-0.25, -0.2) is 53.5 Å². The van der Waals surface area contributed by atoms with Crippen molar-refractivity contribution in [3.8, 4) is 51.4 Å². The van der Waals surface area contributed by atoms with Gasteiger partial charge in [-0.3, -0.25) is 0 Å². The van der Waals surface area contributed by atoms with Gasteiger partial charge in [0.15, 0.2) is 0 Å². The number of rotatable bonds is 30. The highest BCUT2D eigenvalue weighted by atomic mass is 35.5. The first kappa shape index (κ1) is 89.3. The molecule has 0 spiro atoms. The van der Waals surface area contributed by atoms with Crippen LogP contribution in [-0.4, -0.2) is 221 Å². The van der Waals surface area contributed by atoms with Gasteiger partial charge in [-0.2, -0.15) is 15.3 Å². The van der Waals surface area contributed by atoms with Crippen LogP contribution in [-0.2, 0) is 57.1 Å². The summed E-state index contributed by atoms with van der Waals surface area (Å²) in [6.07, 6.45) is 10.7. The molecule has 0 bridgehead atoms. The number of fused-ring (bicyclic) bond motifs is 3. The van der Waals surface area contributed by atoms with Crippen LogP contribution in [0.1, 0.15) is 71.8 Å². The Bertz CT molecular complexity index is 5350. The van der Waals surface area contributed by atoms with Gasteiger partial charge in [0, 0.05) is 158 Å². The SMILES string of the molecule is CC1(Oc2ccc3nn(COCC[Si](C)(C)C)c(-c4cc(Cl)ncn4)c3c2)CC1.CC1(Oc2ccc3nn(COCC[Si](C)(C)C)c(-c4cc(N5CCN(C(=O)OCc6ccccc6)CC5)ncn4)c3c2)CC1.CC1(Oc2ccc3nn(COCC[Si](C)(C)C)c(-c4cc(N5CCNCC5)ncn4)c3c2)CC1.O=C(OCc1ccccc1)N1CCNCC1.[HH]. The van der Waals surface area contributed by atoms with Crippen LogP contribution in [0.15, 0.2) is 152 Å². The number of nitrogens with one attached hydrogen (secondary N) is 2. The van der Waals surface area contributed by atoms with Gasteiger partial charge in [-0.05, 0) is 143 Å². The van der Waals surface area contributed by atoms with E-state index in [-0.39, 0.29) is 37.0 Å². The molecule has 0 unspecified atom stereocenters. The number of amides is 2. The van der Waals surface area contributed by atoms with Crippen molar-refractivity contribution in [2.75, 3.05) is 108 Å². The van der Waals surface area contributed by atoms with Crippen LogP contribution < -0.4 is 34.6 Å². The van der Waals surface area contributed by atoms with E-state index in [0.717, 1.165) is 229 Å². The molecule has 6 aliphatic rings. The summed E-state index contributed by atoms with van der Waals surface area (Å²) in [6, 6.07) is 46.9. The van der Waals surface area contributed by atoms with Gasteiger partial charge in [-0.1, -0.05) is 131 Å². The molecule has 123 heavy (non-hydrogen) atoms. The number of halogens is 1. The van der Waals surface area contributed by atoms with Gasteiger partial charge < -0.3 is 68.1 Å². The van der Waals surface area contributed by atoms with Gasteiger partial charge in [0.25, 0.3) is 0 Å². The van der Waals surface area contributed by atoms with E-state index in [9.17, 15) is 9.59 Å². The Kier molecular flexibility index (Phi) is 29.0. The Balaban J connectivity index is 0.000000149. The number of ether oxygens (including phenoxy) is 8. The van der Waals surface area contributed by atoms with Gasteiger partial charge in [0.05, 0.1) is 50.7 Å². The number of carbonyl (C=O) groups is 2. The summed E-state index contributed by atoms with van der Waals surface area (Å²) >= 11 is 6.14. The lowest BCUT2D eigenvalue weighted by Crippen LogP contribution is -2.49. The molecule has 2 amide bonds. The van der Waals surface area contributed by atoms with Crippen LogP contribution >= 0.6 is 11.6 Å². The molecule has 28 nitrogen and oxygen atoms in total. The molecular formula is C91H123ClN18O10Si3. The third-order valence-electron chi connectivity index (χ3n) is 22.5. The standard InChI is InChI=1S/C33H42N6O4Si.C25H36N6O2Si.C21H27ClN4O2Si.C12H16N2O2.H2/c1-33(12-13-33)43-26-10-11-28-27(20-26)31(39(36-28)24-41-18-19-44(2,3)4)29-21-30(35-23-34-29)37-14-16-38(17-15-37)32(40)42-22-25-8-6-5-7-9-25;1-25(7-8-25)33-19-5-6-21-20(15-19)24(31(29-21)18-32-13-14-34(2,3)4)22-16-23(28-17-27-22)30-11-9-26-10-12-30;1-21(7-8-21)28-15-5-6-17-16(11-15)20(18-12-19(22)24-13-23-18)26(25-17)14-27-9-10-29(2,3)4;15-12(14-8-6-13-7-9-14)16-10-11-4-2-1-3-5-11;/h5-11,20-21,23H,12-19,22,24H2,1-4H3;5-6,15-17,26H,7-14,18H2,1-4H3;5-6,11-13H,7-10,14H2,1-4H3;1-5,13H,6-10H2;1H.